The molecule has 1 aromatic heterocycles. The lowest BCUT2D eigenvalue weighted by Gasteiger charge is -2.34. The second-order valence-corrected chi connectivity index (χ2v) is 9.44. The van der Waals surface area contributed by atoms with Crippen molar-refractivity contribution < 1.29 is 9.63 Å². The molecule has 1 fully saturated rings. The maximum absolute atomic E-state index is 12.6. The second kappa shape index (κ2) is 10.1. The Kier molecular flexibility index (Phi) is 6.70. The number of carbonyl (C=O) groups excluding carboxylic acids is 1. The van der Waals surface area contributed by atoms with E-state index in [2.05, 4.69) is 51.4 Å². The number of hydroxylamine groups is 1. The Morgan fingerprint density at radius 2 is 1.74 bits per heavy atom. The number of anilines is 3. The van der Waals surface area contributed by atoms with E-state index >= 15 is 0 Å². The average Bonchev–Trinajstić information content (AvgIpc) is 3.26. The van der Waals surface area contributed by atoms with Gasteiger partial charge < -0.3 is 15.1 Å². The van der Waals surface area contributed by atoms with Crippen LogP contribution in [0.1, 0.15) is 17.0 Å². The molecule has 1 saturated heterocycles. The van der Waals surface area contributed by atoms with Gasteiger partial charge in [-0.2, -0.15) is 0 Å². The Bertz CT molecular complexity index is 1200. The third-order valence-electron chi connectivity index (χ3n) is 6.85. The highest BCUT2D eigenvalue weighted by atomic mass is 16.7. The molecule has 0 bridgehead atoms. The quantitative estimate of drug-likeness (QED) is 0.585. The molecule has 0 aliphatic carbocycles. The van der Waals surface area contributed by atoms with Crippen molar-refractivity contribution in [1.29, 1.82) is 0 Å². The number of aromatic nitrogens is 1. The van der Waals surface area contributed by atoms with Gasteiger partial charge in [-0.1, -0.05) is 24.3 Å². The number of piperazine rings is 1. The molecule has 0 unspecified atom stereocenters. The van der Waals surface area contributed by atoms with E-state index in [0.29, 0.717) is 0 Å². The molecule has 7 heteroatoms. The van der Waals surface area contributed by atoms with Crippen LogP contribution < -0.4 is 15.3 Å². The molecule has 182 valence electrons. The summed E-state index contributed by atoms with van der Waals surface area (Å²) in [5.41, 5.74) is 8.48. The summed E-state index contributed by atoms with van der Waals surface area (Å²) < 4.78 is 0. The number of nitrogens with zero attached hydrogens (tertiary/aromatic N) is 4. The predicted octanol–water partition coefficient (Wildman–Crippen LogP) is 4.05. The number of aryl methyl sites for hydroxylation is 2. The zero-order chi connectivity index (χ0) is 24.4. The Morgan fingerprint density at radius 1 is 0.971 bits per heavy atom. The largest absolute Gasteiger partial charge is 0.369 e. The summed E-state index contributed by atoms with van der Waals surface area (Å²) in [6, 6.07) is 18.5. The number of pyridine rings is 1. The molecule has 2 aliphatic heterocycles. The maximum Gasteiger partial charge on any atom is 0.253 e. The molecule has 0 spiro atoms. The molecule has 0 atom stereocenters. The van der Waals surface area contributed by atoms with E-state index in [1.807, 2.05) is 49.2 Å². The van der Waals surface area contributed by atoms with Crippen molar-refractivity contribution in [3.05, 3.63) is 71.5 Å². The van der Waals surface area contributed by atoms with E-state index < -0.39 is 0 Å². The molecule has 1 N–H and O–H groups in total. The lowest BCUT2D eigenvalue weighted by molar-refractivity contribution is -0.121. The average molecular weight is 472 g/mol. The third-order valence-corrected chi connectivity index (χ3v) is 6.85. The van der Waals surface area contributed by atoms with Gasteiger partial charge in [0.25, 0.3) is 5.91 Å². The van der Waals surface area contributed by atoms with Crippen molar-refractivity contribution in [2.45, 2.75) is 20.3 Å². The van der Waals surface area contributed by atoms with Crippen molar-refractivity contribution >= 4 is 23.0 Å². The van der Waals surface area contributed by atoms with Crippen LogP contribution in [-0.2, 0) is 16.1 Å². The van der Waals surface area contributed by atoms with E-state index in [0.717, 1.165) is 73.0 Å². The van der Waals surface area contributed by atoms with Crippen LogP contribution in [0.15, 0.2) is 54.6 Å². The number of carbonyl (C=O) groups is 1. The number of hydrogen-bond donors (Lipinski definition) is 1. The summed E-state index contributed by atoms with van der Waals surface area (Å²) in [7, 11) is 2.16. The summed E-state index contributed by atoms with van der Waals surface area (Å²) in [5, 5.41) is 4.81. The second-order valence-electron chi connectivity index (χ2n) is 9.44. The van der Waals surface area contributed by atoms with Gasteiger partial charge >= 0.3 is 0 Å². The van der Waals surface area contributed by atoms with Gasteiger partial charge in [0.15, 0.2) is 6.61 Å². The van der Waals surface area contributed by atoms with Gasteiger partial charge in [-0.15, -0.1) is 0 Å². The summed E-state index contributed by atoms with van der Waals surface area (Å²) in [5.74, 6) is -0.172. The lowest BCUT2D eigenvalue weighted by atomic mass is 10.0. The highest BCUT2D eigenvalue weighted by Crippen LogP contribution is 2.33. The number of nitrogens with one attached hydrogen (secondary N) is 1. The predicted molar refractivity (Wildman–Crippen MR) is 141 cm³/mol. The molecule has 3 aromatic rings. The minimum absolute atomic E-state index is 0.0269. The van der Waals surface area contributed by atoms with Crippen LogP contribution in [0.5, 0.6) is 0 Å². The standard InChI is InChI=1S/C28H33N5O2/c1-20-4-11-26(21(2)29-20)22-5-8-24(9-6-22)30-28(34)19-35-33-13-12-23-7-10-25(18-27(23)33)32-16-14-31(3)15-17-32/h4-11,18H,12-17,19H2,1-3H3,(H,30,34). The molecule has 0 saturated carbocycles. The van der Waals surface area contributed by atoms with Crippen LogP contribution in [0.25, 0.3) is 11.1 Å². The highest BCUT2D eigenvalue weighted by molar-refractivity contribution is 5.92. The lowest BCUT2D eigenvalue weighted by Crippen LogP contribution is -2.44. The number of fused-ring (bicyclic) bond motifs is 1. The van der Waals surface area contributed by atoms with Crippen LogP contribution in [-0.4, -0.2) is 62.2 Å². The van der Waals surface area contributed by atoms with E-state index in [-0.39, 0.29) is 12.5 Å². The zero-order valence-corrected chi connectivity index (χ0v) is 20.8. The Labute approximate surface area is 207 Å². The molecule has 1 amide bonds. The zero-order valence-electron chi connectivity index (χ0n) is 20.8. The number of amides is 1. The van der Waals surface area contributed by atoms with Gasteiger partial charge in [-0.3, -0.25) is 19.7 Å². The summed E-state index contributed by atoms with van der Waals surface area (Å²) in [6.45, 7) is 8.92. The van der Waals surface area contributed by atoms with Crippen molar-refractivity contribution in [2.75, 3.05) is 61.7 Å². The van der Waals surface area contributed by atoms with E-state index in [4.69, 9.17) is 4.84 Å². The Morgan fingerprint density at radius 3 is 2.49 bits per heavy atom. The molecule has 35 heavy (non-hydrogen) atoms. The SMILES string of the molecule is Cc1ccc(-c2ccc(NC(=O)CON3CCc4ccc(N5CCN(C)CC5)cc43)cc2)c(C)n1. The van der Waals surface area contributed by atoms with Crippen LogP contribution in [0.2, 0.25) is 0 Å². The summed E-state index contributed by atoms with van der Waals surface area (Å²) in [4.78, 5) is 27.8. The van der Waals surface area contributed by atoms with E-state index in [1.165, 1.54) is 11.3 Å². The minimum atomic E-state index is -0.172. The van der Waals surface area contributed by atoms with Crippen molar-refractivity contribution in [1.82, 2.24) is 9.88 Å². The first-order valence-corrected chi connectivity index (χ1v) is 12.3. The molecule has 5 rings (SSSR count). The molecular weight excluding hydrogens is 438 g/mol. The first kappa shape index (κ1) is 23.3. The number of rotatable bonds is 6. The van der Waals surface area contributed by atoms with Gasteiger partial charge in [0.05, 0.1) is 5.69 Å². The van der Waals surface area contributed by atoms with Crippen molar-refractivity contribution in [2.24, 2.45) is 0 Å². The maximum atomic E-state index is 12.6. The van der Waals surface area contributed by atoms with Gasteiger partial charge in [-0.05, 0) is 68.8 Å². The number of likely N-dealkylation sites (N-methyl/N-ethyl adjacent to an activating group) is 1. The van der Waals surface area contributed by atoms with Crippen LogP contribution >= 0.6 is 0 Å². The van der Waals surface area contributed by atoms with Crippen LogP contribution in [0, 0.1) is 13.8 Å². The molecule has 2 aliphatic rings. The monoisotopic (exact) mass is 471 g/mol. The summed E-state index contributed by atoms with van der Waals surface area (Å²) >= 11 is 0. The molecule has 7 nitrogen and oxygen atoms in total. The molecule has 3 heterocycles. The Hall–Kier alpha value is -3.42. The number of benzene rings is 2. The smallest absolute Gasteiger partial charge is 0.253 e. The van der Waals surface area contributed by atoms with E-state index in [9.17, 15) is 4.79 Å². The van der Waals surface area contributed by atoms with Gasteiger partial charge in [0, 0.05) is 61.0 Å². The van der Waals surface area contributed by atoms with Gasteiger partial charge in [0.1, 0.15) is 0 Å². The van der Waals surface area contributed by atoms with Gasteiger partial charge in [0.2, 0.25) is 0 Å². The van der Waals surface area contributed by atoms with E-state index in [1.54, 1.807) is 0 Å². The Balaban J connectivity index is 1.17. The van der Waals surface area contributed by atoms with Crippen molar-refractivity contribution in [3.8, 4) is 11.1 Å². The van der Waals surface area contributed by atoms with Crippen molar-refractivity contribution in [3.63, 3.8) is 0 Å². The fourth-order valence-corrected chi connectivity index (χ4v) is 4.79. The molecule has 2 aromatic carbocycles. The highest BCUT2D eigenvalue weighted by Gasteiger charge is 2.23. The first-order chi connectivity index (χ1) is 17.0. The minimum Gasteiger partial charge on any atom is -0.369 e. The molecule has 0 radical (unpaired) electrons. The fourth-order valence-electron chi connectivity index (χ4n) is 4.79. The number of hydrogen-bond acceptors (Lipinski definition) is 6. The van der Waals surface area contributed by atoms with Gasteiger partial charge in [-0.25, -0.2) is 0 Å². The molecular formula is C28H33N5O2. The fraction of sp³-hybridized carbons (Fsp3) is 0.357. The normalized spacial score (nSPS) is 15.9. The van der Waals surface area contributed by atoms with Crippen LogP contribution in [0.3, 0.4) is 0 Å². The summed E-state index contributed by atoms with van der Waals surface area (Å²) in [6.07, 6.45) is 0.925. The topological polar surface area (TPSA) is 60.9 Å². The first-order valence-electron chi connectivity index (χ1n) is 12.3. The third kappa shape index (κ3) is 5.31. The van der Waals surface area contributed by atoms with Crippen LogP contribution in [0.4, 0.5) is 17.1 Å².